The average Bonchev–Trinajstić information content (AvgIpc) is 2.87. The van der Waals surface area contributed by atoms with Crippen molar-refractivity contribution >= 4 is 17.5 Å². The number of hydrogen-bond donors (Lipinski definition) is 2. The van der Waals surface area contributed by atoms with Gasteiger partial charge in [0, 0.05) is 25.2 Å². The highest BCUT2D eigenvalue weighted by Crippen LogP contribution is 2.24. The van der Waals surface area contributed by atoms with Gasteiger partial charge >= 0.3 is 0 Å². The first-order valence-electron chi connectivity index (χ1n) is 7.69. The van der Waals surface area contributed by atoms with E-state index in [4.69, 9.17) is 26.8 Å². The fraction of sp³-hybridized carbons (Fsp3) is 0.562. The molecule has 0 unspecified atom stereocenters. The van der Waals surface area contributed by atoms with Crippen molar-refractivity contribution in [1.29, 1.82) is 0 Å². The molecule has 6 nitrogen and oxygen atoms in total. The normalized spacial score (nSPS) is 21.4. The van der Waals surface area contributed by atoms with E-state index in [2.05, 4.69) is 10.2 Å². The number of benzene rings is 1. The largest absolute Gasteiger partial charge is 0.493 e. The maximum Gasteiger partial charge on any atom is 0.255 e. The number of likely N-dealkylation sites (tertiary alicyclic amines) is 1. The van der Waals surface area contributed by atoms with Crippen molar-refractivity contribution in [2.45, 2.75) is 18.6 Å². The number of methoxy groups -OCH3 is 1. The molecule has 128 valence electrons. The summed E-state index contributed by atoms with van der Waals surface area (Å²) in [5, 5.41) is 3.55. The second kappa shape index (κ2) is 8.49. The van der Waals surface area contributed by atoms with Crippen LogP contribution in [0.1, 0.15) is 16.8 Å². The van der Waals surface area contributed by atoms with Crippen LogP contribution < -0.4 is 15.8 Å². The highest BCUT2D eigenvalue weighted by Gasteiger charge is 2.32. The van der Waals surface area contributed by atoms with Crippen molar-refractivity contribution in [2.75, 3.05) is 40.4 Å². The van der Waals surface area contributed by atoms with Crippen LogP contribution in [0.4, 0.5) is 0 Å². The third-order valence-electron chi connectivity index (χ3n) is 3.86. The molecular formula is C16H24ClN3O3. The molecule has 1 aromatic rings. The fourth-order valence-corrected chi connectivity index (χ4v) is 2.82. The Morgan fingerprint density at radius 2 is 2.26 bits per heavy atom. The van der Waals surface area contributed by atoms with Gasteiger partial charge < -0.3 is 25.4 Å². The topological polar surface area (TPSA) is 76.8 Å². The summed E-state index contributed by atoms with van der Waals surface area (Å²) in [6, 6.07) is 4.96. The predicted octanol–water partition coefficient (Wildman–Crippen LogP) is 1.13. The Hall–Kier alpha value is -1.34. The quantitative estimate of drug-likeness (QED) is 0.727. The molecule has 0 bridgehead atoms. The molecule has 0 spiro atoms. The Labute approximate surface area is 141 Å². The molecule has 0 radical (unpaired) electrons. The molecule has 0 saturated carbocycles. The Kier molecular flexibility index (Phi) is 6.65. The Bertz CT molecular complexity index is 541. The van der Waals surface area contributed by atoms with Crippen LogP contribution in [0.15, 0.2) is 18.2 Å². The summed E-state index contributed by atoms with van der Waals surface area (Å²) in [5.74, 6) is 0.288. The summed E-state index contributed by atoms with van der Waals surface area (Å²) in [4.78, 5) is 14.7. The smallest absolute Gasteiger partial charge is 0.255 e. The van der Waals surface area contributed by atoms with Gasteiger partial charge in [-0.25, -0.2) is 0 Å². The van der Waals surface area contributed by atoms with Crippen molar-refractivity contribution in [3.05, 3.63) is 28.8 Å². The van der Waals surface area contributed by atoms with Crippen LogP contribution in [-0.2, 0) is 4.74 Å². The van der Waals surface area contributed by atoms with E-state index in [1.165, 1.54) is 0 Å². The van der Waals surface area contributed by atoms with E-state index in [0.717, 1.165) is 13.1 Å². The summed E-state index contributed by atoms with van der Waals surface area (Å²) < 4.78 is 11.1. The minimum atomic E-state index is -0.188. The number of nitrogens with two attached hydrogens (primary N) is 1. The van der Waals surface area contributed by atoms with Gasteiger partial charge in [-0.15, -0.1) is 0 Å². The Morgan fingerprint density at radius 1 is 1.48 bits per heavy atom. The number of nitrogens with zero attached hydrogens (tertiary/aromatic N) is 1. The highest BCUT2D eigenvalue weighted by atomic mass is 35.5. The van der Waals surface area contributed by atoms with Crippen molar-refractivity contribution in [1.82, 2.24) is 10.2 Å². The molecule has 1 heterocycles. The molecule has 0 aliphatic carbocycles. The molecule has 1 aliphatic heterocycles. The molecule has 1 saturated heterocycles. The van der Waals surface area contributed by atoms with E-state index >= 15 is 0 Å². The van der Waals surface area contributed by atoms with E-state index < -0.39 is 0 Å². The minimum Gasteiger partial charge on any atom is -0.493 e. The molecule has 23 heavy (non-hydrogen) atoms. The fourth-order valence-electron chi connectivity index (χ4n) is 2.65. The summed E-state index contributed by atoms with van der Waals surface area (Å²) in [6.45, 7) is 2.53. The van der Waals surface area contributed by atoms with Gasteiger partial charge in [-0.3, -0.25) is 4.79 Å². The summed E-state index contributed by atoms with van der Waals surface area (Å²) >= 11 is 6.01. The first-order chi connectivity index (χ1) is 11.0. The first kappa shape index (κ1) is 18.0. The van der Waals surface area contributed by atoms with E-state index in [-0.39, 0.29) is 18.1 Å². The van der Waals surface area contributed by atoms with E-state index in [9.17, 15) is 4.79 Å². The lowest BCUT2D eigenvalue weighted by Crippen LogP contribution is -2.43. The number of hydrogen-bond acceptors (Lipinski definition) is 5. The van der Waals surface area contributed by atoms with Crippen molar-refractivity contribution in [3.8, 4) is 5.75 Å². The Morgan fingerprint density at radius 3 is 2.96 bits per heavy atom. The van der Waals surface area contributed by atoms with Crippen molar-refractivity contribution in [2.24, 2.45) is 5.73 Å². The monoisotopic (exact) mass is 341 g/mol. The van der Waals surface area contributed by atoms with Crippen LogP contribution in [0.25, 0.3) is 0 Å². The molecule has 1 fully saturated rings. The third kappa shape index (κ3) is 4.81. The van der Waals surface area contributed by atoms with Crippen LogP contribution >= 0.6 is 11.6 Å². The zero-order valence-corrected chi connectivity index (χ0v) is 14.3. The zero-order valence-electron chi connectivity index (χ0n) is 13.5. The van der Waals surface area contributed by atoms with Crippen LogP contribution in [0.2, 0.25) is 5.02 Å². The number of carbonyl (C=O) groups is 1. The third-order valence-corrected chi connectivity index (χ3v) is 4.10. The molecule has 2 rings (SSSR count). The zero-order chi connectivity index (χ0) is 16.8. The lowest BCUT2D eigenvalue weighted by molar-refractivity contribution is 0.0763. The summed E-state index contributed by atoms with van der Waals surface area (Å²) in [5.41, 5.74) is 5.94. The minimum absolute atomic E-state index is 0.0159. The molecule has 1 aliphatic rings. The molecule has 2 atom stereocenters. The first-order valence-corrected chi connectivity index (χ1v) is 8.07. The standard InChI is InChI=1S/C16H24ClN3O3/c1-20-9-13(15(10-20)22-2)19-16(21)12-5-4-11(17)8-14(12)23-7-3-6-18/h4-5,8,13,15H,3,6-7,9-10,18H2,1-2H3,(H,19,21)/t13-,15-/m0/s1. The van der Waals surface area contributed by atoms with E-state index in [1.807, 2.05) is 7.05 Å². The molecule has 1 aromatic carbocycles. The van der Waals surface area contributed by atoms with E-state index in [0.29, 0.717) is 35.9 Å². The number of ether oxygens (including phenoxy) is 2. The van der Waals surface area contributed by atoms with Crippen LogP contribution in [0.5, 0.6) is 5.75 Å². The lowest BCUT2D eigenvalue weighted by atomic mass is 10.1. The van der Waals surface area contributed by atoms with Gasteiger partial charge in [-0.2, -0.15) is 0 Å². The number of rotatable bonds is 7. The molecule has 3 N–H and O–H groups in total. The number of likely N-dealkylation sites (N-methyl/N-ethyl adjacent to an activating group) is 1. The van der Waals surface area contributed by atoms with Crippen molar-refractivity contribution in [3.63, 3.8) is 0 Å². The average molecular weight is 342 g/mol. The van der Waals surface area contributed by atoms with E-state index in [1.54, 1.807) is 25.3 Å². The maximum absolute atomic E-state index is 12.6. The van der Waals surface area contributed by atoms with Gasteiger partial charge in [-0.1, -0.05) is 11.6 Å². The Balaban J connectivity index is 2.09. The second-order valence-electron chi connectivity index (χ2n) is 5.71. The van der Waals surface area contributed by atoms with Crippen LogP contribution in [0.3, 0.4) is 0 Å². The molecular weight excluding hydrogens is 318 g/mol. The van der Waals surface area contributed by atoms with Gasteiger partial charge in [0.25, 0.3) is 5.91 Å². The van der Waals surface area contributed by atoms with Crippen molar-refractivity contribution < 1.29 is 14.3 Å². The number of amides is 1. The van der Waals surface area contributed by atoms with Gasteiger partial charge in [0.2, 0.25) is 0 Å². The SMILES string of the molecule is CO[C@H]1CN(C)C[C@@H]1NC(=O)c1ccc(Cl)cc1OCCCN. The van der Waals surface area contributed by atoms with Gasteiger partial charge in [0.1, 0.15) is 5.75 Å². The number of nitrogens with one attached hydrogen (secondary N) is 1. The van der Waals surface area contributed by atoms with Gasteiger partial charge in [0.15, 0.2) is 0 Å². The molecule has 1 amide bonds. The lowest BCUT2D eigenvalue weighted by Gasteiger charge is -2.19. The van der Waals surface area contributed by atoms with Gasteiger partial charge in [-0.05, 0) is 38.2 Å². The molecule has 0 aromatic heterocycles. The number of carbonyl (C=O) groups excluding carboxylic acids is 1. The predicted molar refractivity (Wildman–Crippen MR) is 90.2 cm³/mol. The molecule has 7 heteroatoms. The number of halogens is 1. The highest BCUT2D eigenvalue weighted by molar-refractivity contribution is 6.30. The van der Waals surface area contributed by atoms with Crippen LogP contribution in [0, 0.1) is 0 Å². The maximum atomic E-state index is 12.6. The second-order valence-corrected chi connectivity index (χ2v) is 6.14. The summed E-state index contributed by atoms with van der Waals surface area (Å²) in [7, 11) is 3.66. The van der Waals surface area contributed by atoms with Crippen LogP contribution in [-0.4, -0.2) is 63.4 Å². The van der Waals surface area contributed by atoms with Gasteiger partial charge in [0.05, 0.1) is 24.3 Å². The summed E-state index contributed by atoms with van der Waals surface area (Å²) in [6.07, 6.45) is 0.699.